The molecule has 0 saturated heterocycles. The van der Waals surface area contributed by atoms with Crippen molar-refractivity contribution < 1.29 is 14.3 Å². The second-order valence-corrected chi connectivity index (χ2v) is 5.64. The summed E-state index contributed by atoms with van der Waals surface area (Å²) in [5.74, 6) is 1.43. The molecule has 0 radical (unpaired) electrons. The van der Waals surface area contributed by atoms with Gasteiger partial charge in [-0.2, -0.15) is 0 Å². The fraction of sp³-hybridized carbons (Fsp3) is 0.316. The van der Waals surface area contributed by atoms with Crippen LogP contribution in [0.15, 0.2) is 54.6 Å². The molecule has 136 valence electrons. The molecule has 1 amide bonds. The number of benzene rings is 2. The van der Waals surface area contributed by atoms with Gasteiger partial charge in [0.1, 0.15) is 24.7 Å². The lowest BCUT2D eigenvalue weighted by molar-refractivity contribution is -0.131. The molecule has 2 rings (SSSR count). The smallest absolute Gasteiger partial charge is 0.239 e. The molecule has 0 saturated carbocycles. The number of halogens is 1. The van der Waals surface area contributed by atoms with E-state index in [1.54, 1.807) is 18.9 Å². The van der Waals surface area contributed by atoms with Crippen LogP contribution < -0.4 is 15.2 Å². The number of carbonyl (C=O) groups excluding carboxylic acids is 1. The Morgan fingerprint density at radius 1 is 1.04 bits per heavy atom. The molecule has 0 aliphatic heterocycles. The van der Waals surface area contributed by atoms with E-state index in [0.717, 1.165) is 17.1 Å². The van der Waals surface area contributed by atoms with Crippen LogP contribution in [-0.4, -0.2) is 37.0 Å². The SMILES string of the molecule is C[C@H](N)C(=O)N(C)CCOc1ccc(OCc2ccccc2)cc1.Cl. The summed E-state index contributed by atoms with van der Waals surface area (Å²) >= 11 is 0. The summed E-state index contributed by atoms with van der Waals surface area (Å²) in [5.41, 5.74) is 6.69. The predicted molar refractivity (Wildman–Crippen MR) is 101 cm³/mol. The van der Waals surface area contributed by atoms with Crippen LogP contribution in [-0.2, 0) is 11.4 Å². The van der Waals surface area contributed by atoms with E-state index in [0.29, 0.717) is 19.8 Å². The standard InChI is InChI=1S/C19H24N2O3.ClH/c1-15(20)19(22)21(2)12-13-23-17-8-10-18(11-9-17)24-14-16-6-4-3-5-7-16;/h3-11,15H,12-14,20H2,1-2H3;1H/t15-;/m0./s1. The minimum Gasteiger partial charge on any atom is -0.492 e. The lowest BCUT2D eigenvalue weighted by Crippen LogP contribution is -2.41. The molecule has 0 aromatic heterocycles. The number of nitrogens with two attached hydrogens (primary N) is 1. The molecule has 1 atom stereocenters. The largest absolute Gasteiger partial charge is 0.492 e. The van der Waals surface area contributed by atoms with E-state index in [-0.39, 0.29) is 18.3 Å². The van der Waals surface area contributed by atoms with Gasteiger partial charge in [-0.05, 0) is 36.8 Å². The fourth-order valence-electron chi connectivity index (χ4n) is 2.13. The Bertz CT molecular complexity index is 633. The number of hydrogen-bond donors (Lipinski definition) is 1. The molecule has 0 aliphatic rings. The second-order valence-electron chi connectivity index (χ2n) is 5.64. The molecular formula is C19H25ClN2O3. The van der Waals surface area contributed by atoms with Gasteiger partial charge in [0.05, 0.1) is 12.6 Å². The van der Waals surface area contributed by atoms with Crippen LogP contribution in [0.5, 0.6) is 11.5 Å². The van der Waals surface area contributed by atoms with Crippen LogP contribution in [0.3, 0.4) is 0 Å². The van der Waals surface area contributed by atoms with Gasteiger partial charge in [-0.25, -0.2) is 0 Å². The Balaban J connectivity index is 0.00000312. The van der Waals surface area contributed by atoms with Crippen molar-refractivity contribution >= 4 is 18.3 Å². The Morgan fingerprint density at radius 3 is 2.16 bits per heavy atom. The van der Waals surface area contributed by atoms with E-state index in [1.807, 2.05) is 54.6 Å². The van der Waals surface area contributed by atoms with E-state index in [2.05, 4.69) is 0 Å². The molecular weight excluding hydrogens is 340 g/mol. The van der Waals surface area contributed by atoms with Gasteiger partial charge in [-0.1, -0.05) is 30.3 Å². The molecule has 0 heterocycles. The Hall–Kier alpha value is -2.24. The lowest BCUT2D eigenvalue weighted by atomic mass is 10.2. The first kappa shape index (κ1) is 20.8. The molecule has 2 aromatic rings. The first-order valence-corrected chi connectivity index (χ1v) is 7.96. The normalized spacial score (nSPS) is 11.2. The summed E-state index contributed by atoms with van der Waals surface area (Å²) < 4.78 is 11.4. The lowest BCUT2D eigenvalue weighted by Gasteiger charge is -2.19. The number of carbonyl (C=O) groups is 1. The highest BCUT2D eigenvalue weighted by atomic mass is 35.5. The number of hydrogen-bond acceptors (Lipinski definition) is 4. The van der Waals surface area contributed by atoms with Crippen LogP contribution >= 0.6 is 12.4 Å². The highest BCUT2D eigenvalue weighted by Gasteiger charge is 2.12. The van der Waals surface area contributed by atoms with Gasteiger partial charge in [0, 0.05) is 7.05 Å². The van der Waals surface area contributed by atoms with Crippen LogP contribution in [0.1, 0.15) is 12.5 Å². The number of rotatable bonds is 8. The topological polar surface area (TPSA) is 64.8 Å². The molecule has 25 heavy (non-hydrogen) atoms. The van der Waals surface area contributed by atoms with Crippen molar-refractivity contribution in [3.8, 4) is 11.5 Å². The van der Waals surface area contributed by atoms with E-state index in [1.165, 1.54) is 0 Å². The summed E-state index contributed by atoms with van der Waals surface area (Å²) in [4.78, 5) is 13.2. The first-order valence-electron chi connectivity index (χ1n) is 7.96. The average molecular weight is 365 g/mol. The molecule has 6 heteroatoms. The predicted octanol–water partition coefficient (Wildman–Crippen LogP) is 2.87. The van der Waals surface area contributed by atoms with Crippen molar-refractivity contribution in [1.29, 1.82) is 0 Å². The minimum atomic E-state index is -0.490. The maximum absolute atomic E-state index is 11.6. The summed E-state index contributed by atoms with van der Waals surface area (Å²) in [7, 11) is 1.72. The molecule has 5 nitrogen and oxygen atoms in total. The summed E-state index contributed by atoms with van der Waals surface area (Å²) in [6, 6.07) is 17.0. The Kier molecular flexibility index (Phi) is 8.81. The number of nitrogens with zero attached hydrogens (tertiary/aromatic N) is 1. The minimum absolute atomic E-state index is 0. The third-order valence-electron chi connectivity index (χ3n) is 3.53. The zero-order chi connectivity index (χ0) is 17.4. The summed E-state index contributed by atoms with van der Waals surface area (Å²) in [6.07, 6.45) is 0. The molecule has 0 aliphatic carbocycles. The van der Waals surface area contributed by atoms with E-state index in [9.17, 15) is 4.79 Å². The molecule has 2 aromatic carbocycles. The quantitative estimate of drug-likeness (QED) is 0.782. The van der Waals surface area contributed by atoms with E-state index in [4.69, 9.17) is 15.2 Å². The molecule has 0 fully saturated rings. The van der Waals surface area contributed by atoms with Crippen molar-refractivity contribution in [3.63, 3.8) is 0 Å². The summed E-state index contributed by atoms with van der Waals surface area (Å²) in [6.45, 7) is 3.12. The maximum Gasteiger partial charge on any atom is 0.239 e. The number of amides is 1. The van der Waals surface area contributed by atoms with Gasteiger partial charge < -0.3 is 20.1 Å². The molecule has 0 spiro atoms. The van der Waals surface area contributed by atoms with Crippen molar-refractivity contribution in [2.45, 2.75) is 19.6 Å². The summed E-state index contributed by atoms with van der Waals surface area (Å²) in [5, 5.41) is 0. The molecule has 2 N–H and O–H groups in total. The van der Waals surface area contributed by atoms with Crippen molar-refractivity contribution in [2.75, 3.05) is 20.2 Å². The molecule has 0 bridgehead atoms. The van der Waals surface area contributed by atoms with E-state index >= 15 is 0 Å². The monoisotopic (exact) mass is 364 g/mol. The third-order valence-corrected chi connectivity index (χ3v) is 3.53. The Morgan fingerprint density at radius 2 is 1.60 bits per heavy atom. The van der Waals surface area contributed by atoms with Crippen molar-refractivity contribution in [2.24, 2.45) is 5.73 Å². The van der Waals surface area contributed by atoms with Gasteiger partial charge in [-0.3, -0.25) is 4.79 Å². The number of likely N-dealkylation sites (N-methyl/N-ethyl adjacent to an activating group) is 1. The third kappa shape index (κ3) is 7.03. The maximum atomic E-state index is 11.6. The van der Waals surface area contributed by atoms with Gasteiger partial charge in [0.15, 0.2) is 0 Å². The van der Waals surface area contributed by atoms with Gasteiger partial charge in [-0.15, -0.1) is 12.4 Å². The van der Waals surface area contributed by atoms with Gasteiger partial charge in [0.2, 0.25) is 5.91 Å². The number of ether oxygens (including phenoxy) is 2. The fourth-order valence-corrected chi connectivity index (χ4v) is 2.13. The highest BCUT2D eigenvalue weighted by Crippen LogP contribution is 2.18. The van der Waals surface area contributed by atoms with Crippen molar-refractivity contribution in [3.05, 3.63) is 60.2 Å². The zero-order valence-electron chi connectivity index (χ0n) is 14.6. The average Bonchev–Trinajstić information content (AvgIpc) is 2.61. The molecule has 0 unspecified atom stereocenters. The van der Waals surface area contributed by atoms with Gasteiger partial charge in [0.25, 0.3) is 0 Å². The van der Waals surface area contributed by atoms with Crippen LogP contribution in [0, 0.1) is 0 Å². The van der Waals surface area contributed by atoms with Crippen LogP contribution in [0.25, 0.3) is 0 Å². The van der Waals surface area contributed by atoms with Crippen molar-refractivity contribution in [1.82, 2.24) is 4.90 Å². The second kappa shape index (κ2) is 10.6. The van der Waals surface area contributed by atoms with Crippen LogP contribution in [0.2, 0.25) is 0 Å². The van der Waals surface area contributed by atoms with Crippen LogP contribution in [0.4, 0.5) is 0 Å². The van der Waals surface area contributed by atoms with Gasteiger partial charge >= 0.3 is 0 Å². The Labute approximate surface area is 155 Å². The van der Waals surface area contributed by atoms with E-state index < -0.39 is 6.04 Å². The highest BCUT2D eigenvalue weighted by molar-refractivity contribution is 5.85. The first-order chi connectivity index (χ1) is 11.6. The zero-order valence-corrected chi connectivity index (χ0v) is 15.4.